The van der Waals surface area contributed by atoms with E-state index in [0.717, 1.165) is 79.3 Å². The minimum absolute atomic E-state index is 0.0386. The van der Waals surface area contributed by atoms with E-state index in [1.165, 1.54) is 0 Å². The van der Waals surface area contributed by atoms with E-state index in [4.69, 9.17) is 19.9 Å². The van der Waals surface area contributed by atoms with Gasteiger partial charge in [-0.3, -0.25) is 0 Å². The van der Waals surface area contributed by atoms with Crippen LogP contribution in [0.3, 0.4) is 0 Å². The van der Waals surface area contributed by atoms with E-state index < -0.39 is 0 Å². The Hall–Kier alpha value is -2.69. The van der Waals surface area contributed by atoms with Crippen LogP contribution in [0.4, 0.5) is 17.6 Å². The van der Waals surface area contributed by atoms with Gasteiger partial charge >= 0.3 is 0 Å². The Labute approximate surface area is 198 Å². The van der Waals surface area contributed by atoms with Gasteiger partial charge in [-0.25, -0.2) is 9.97 Å². The predicted octanol–water partition coefficient (Wildman–Crippen LogP) is 1.48. The average molecular weight is 467 g/mol. The van der Waals surface area contributed by atoms with E-state index in [1.807, 2.05) is 54.0 Å². The zero-order valence-electron chi connectivity index (χ0n) is 18.9. The number of fused-ring (bicyclic) bond motifs is 1. The summed E-state index contributed by atoms with van der Waals surface area (Å²) in [6.45, 7) is 5.95. The van der Waals surface area contributed by atoms with Crippen molar-refractivity contribution in [1.82, 2.24) is 25.3 Å². The van der Waals surface area contributed by atoms with E-state index in [0.29, 0.717) is 18.0 Å². The number of anilines is 3. The van der Waals surface area contributed by atoms with Gasteiger partial charge in [0.1, 0.15) is 5.69 Å². The van der Waals surface area contributed by atoms with E-state index in [1.54, 1.807) is 0 Å². The van der Waals surface area contributed by atoms with Crippen molar-refractivity contribution >= 4 is 40.5 Å². The fourth-order valence-electron chi connectivity index (χ4n) is 4.23. The summed E-state index contributed by atoms with van der Waals surface area (Å²) < 4.78 is 0. The molecule has 0 atom stereocenters. The highest BCUT2D eigenvalue weighted by Gasteiger charge is 2.24. The summed E-state index contributed by atoms with van der Waals surface area (Å²) in [7, 11) is 1.93. The Morgan fingerprint density at radius 3 is 2.45 bits per heavy atom. The fraction of sp³-hybridized carbons (Fsp3) is 0.478. The maximum absolute atomic E-state index is 9.56. The van der Waals surface area contributed by atoms with Crippen LogP contribution in [0.1, 0.15) is 0 Å². The molecule has 4 heterocycles. The largest absolute Gasteiger partial charge is 0.395 e. The highest BCUT2D eigenvalue weighted by molar-refractivity contribution is 7.99. The predicted molar refractivity (Wildman–Crippen MR) is 136 cm³/mol. The Morgan fingerprint density at radius 1 is 0.970 bits per heavy atom. The minimum Gasteiger partial charge on any atom is -0.395 e. The second-order valence-corrected chi connectivity index (χ2v) is 9.49. The van der Waals surface area contributed by atoms with Crippen molar-refractivity contribution < 1.29 is 5.11 Å². The molecule has 1 aromatic carbocycles. The number of aliphatic hydroxyl groups is 1. The molecule has 9 nitrogen and oxygen atoms in total. The first-order chi connectivity index (χ1) is 16.2. The monoisotopic (exact) mass is 466 g/mol. The van der Waals surface area contributed by atoms with Crippen molar-refractivity contribution in [1.29, 1.82) is 0 Å². The van der Waals surface area contributed by atoms with Crippen molar-refractivity contribution in [3.05, 3.63) is 30.3 Å². The first-order valence-corrected chi connectivity index (χ1v) is 12.7. The second-order valence-electron chi connectivity index (χ2n) is 8.26. The molecule has 2 saturated heterocycles. The molecule has 2 aliphatic heterocycles. The molecule has 174 valence electrons. The lowest BCUT2D eigenvalue weighted by Gasteiger charge is -2.31. The van der Waals surface area contributed by atoms with Gasteiger partial charge in [-0.1, -0.05) is 30.3 Å². The Morgan fingerprint density at radius 2 is 1.73 bits per heavy atom. The first-order valence-electron chi connectivity index (χ1n) is 11.5. The molecule has 0 aliphatic carbocycles. The Bertz CT molecular complexity index is 1090. The minimum atomic E-state index is 0.0386. The number of rotatable bonds is 6. The molecule has 0 saturated carbocycles. The SMILES string of the molecule is CN(CCO)c1nc2nc(N3CCNCC3)nc(N3CCSCC3)c2nc1-c1ccccc1. The van der Waals surface area contributed by atoms with Gasteiger partial charge in [-0.15, -0.1) is 0 Å². The third-order valence-corrected chi connectivity index (χ3v) is 6.98. The average Bonchev–Trinajstić information content (AvgIpc) is 2.89. The summed E-state index contributed by atoms with van der Waals surface area (Å²) in [4.78, 5) is 26.5. The van der Waals surface area contributed by atoms with E-state index in [2.05, 4.69) is 15.1 Å². The number of benzene rings is 1. The number of aromatic nitrogens is 4. The third kappa shape index (κ3) is 4.68. The summed E-state index contributed by atoms with van der Waals surface area (Å²) >= 11 is 1.97. The topological polar surface area (TPSA) is 93.5 Å². The summed E-state index contributed by atoms with van der Waals surface area (Å²) in [6, 6.07) is 10.1. The van der Waals surface area contributed by atoms with E-state index in [-0.39, 0.29) is 6.61 Å². The molecule has 3 aromatic rings. The molecule has 2 N–H and O–H groups in total. The number of nitrogens with zero attached hydrogens (tertiary/aromatic N) is 7. The van der Waals surface area contributed by atoms with Crippen molar-refractivity contribution in [3.63, 3.8) is 0 Å². The van der Waals surface area contributed by atoms with Crippen LogP contribution >= 0.6 is 11.8 Å². The molecule has 2 aromatic heterocycles. The molecule has 33 heavy (non-hydrogen) atoms. The van der Waals surface area contributed by atoms with Gasteiger partial charge in [-0.05, 0) is 0 Å². The molecular formula is C23H30N8OS. The zero-order chi connectivity index (χ0) is 22.6. The van der Waals surface area contributed by atoms with E-state index >= 15 is 0 Å². The van der Waals surface area contributed by atoms with Crippen LogP contribution in [0.5, 0.6) is 0 Å². The van der Waals surface area contributed by atoms with Crippen LogP contribution in [0.25, 0.3) is 22.4 Å². The lowest BCUT2D eigenvalue weighted by atomic mass is 10.1. The number of aliphatic hydroxyl groups excluding tert-OH is 1. The molecule has 2 aliphatic rings. The number of thioether (sulfide) groups is 1. The normalized spacial score (nSPS) is 16.9. The van der Waals surface area contributed by atoms with Crippen molar-refractivity contribution in [2.45, 2.75) is 0 Å². The number of hydrogen-bond donors (Lipinski definition) is 2. The maximum atomic E-state index is 9.56. The molecule has 0 amide bonds. The molecule has 10 heteroatoms. The summed E-state index contributed by atoms with van der Waals surface area (Å²) in [5.41, 5.74) is 3.11. The molecule has 0 radical (unpaired) electrons. The van der Waals surface area contributed by atoms with Gasteiger partial charge in [0.2, 0.25) is 5.95 Å². The molecule has 5 rings (SSSR count). The maximum Gasteiger partial charge on any atom is 0.229 e. The lowest BCUT2D eigenvalue weighted by molar-refractivity contribution is 0.304. The standard InChI is InChI=1S/C23H30N8OS/c1-29(11-14-32)21-18(17-5-3-2-4-6-17)25-19-20(26-21)27-23(31-9-7-24-8-10-31)28-22(19)30-12-15-33-16-13-30/h2-6,24,32H,7-16H2,1H3. The van der Waals surface area contributed by atoms with Crippen LogP contribution in [0.2, 0.25) is 0 Å². The van der Waals surface area contributed by atoms with Crippen molar-refractivity contribution in [2.24, 2.45) is 0 Å². The van der Waals surface area contributed by atoms with E-state index in [9.17, 15) is 5.11 Å². The molecule has 0 bridgehead atoms. The quantitative estimate of drug-likeness (QED) is 0.556. The van der Waals surface area contributed by atoms with Crippen LogP contribution in [-0.4, -0.2) is 96.0 Å². The number of likely N-dealkylation sites (N-methyl/N-ethyl adjacent to an activating group) is 1. The third-order valence-electron chi connectivity index (χ3n) is 6.04. The zero-order valence-corrected chi connectivity index (χ0v) is 19.8. The van der Waals surface area contributed by atoms with Gasteiger partial charge in [-0.2, -0.15) is 21.7 Å². The molecule has 0 spiro atoms. The molecular weight excluding hydrogens is 436 g/mol. The van der Waals surface area contributed by atoms with Gasteiger partial charge in [0.15, 0.2) is 22.8 Å². The number of hydrogen-bond acceptors (Lipinski definition) is 10. The molecule has 2 fully saturated rings. The second kappa shape index (κ2) is 10.1. The van der Waals surface area contributed by atoms with Gasteiger partial charge < -0.3 is 25.1 Å². The fourth-order valence-corrected chi connectivity index (χ4v) is 5.13. The number of nitrogens with one attached hydrogen (secondary N) is 1. The summed E-state index contributed by atoms with van der Waals surface area (Å²) in [6.07, 6.45) is 0. The van der Waals surface area contributed by atoms with Crippen molar-refractivity contribution in [2.75, 3.05) is 85.7 Å². The van der Waals surface area contributed by atoms with Crippen molar-refractivity contribution in [3.8, 4) is 11.3 Å². The van der Waals surface area contributed by atoms with Gasteiger partial charge in [0, 0.05) is 69.9 Å². The Balaban J connectivity index is 1.71. The first kappa shape index (κ1) is 22.1. The highest BCUT2D eigenvalue weighted by Crippen LogP contribution is 2.33. The smallest absolute Gasteiger partial charge is 0.229 e. The van der Waals surface area contributed by atoms with Gasteiger partial charge in [0.05, 0.1) is 6.61 Å². The van der Waals surface area contributed by atoms with Crippen LogP contribution in [0.15, 0.2) is 30.3 Å². The van der Waals surface area contributed by atoms with Crippen LogP contribution in [0, 0.1) is 0 Å². The molecule has 0 unspecified atom stereocenters. The van der Waals surface area contributed by atoms with Gasteiger partial charge in [0.25, 0.3) is 0 Å². The van der Waals surface area contributed by atoms with Crippen LogP contribution < -0.4 is 20.0 Å². The summed E-state index contributed by atoms with van der Waals surface area (Å²) in [5.74, 6) is 4.45. The summed E-state index contributed by atoms with van der Waals surface area (Å²) in [5, 5.41) is 13.0. The number of piperazine rings is 1. The van der Waals surface area contributed by atoms with Crippen LogP contribution in [-0.2, 0) is 0 Å². The highest BCUT2D eigenvalue weighted by atomic mass is 32.2. The Kier molecular flexibility index (Phi) is 6.75. The lowest BCUT2D eigenvalue weighted by Crippen LogP contribution is -2.44.